The average molecular weight is 332 g/mol. The summed E-state index contributed by atoms with van der Waals surface area (Å²) in [5, 5.41) is 3.77. The summed E-state index contributed by atoms with van der Waals surface area (Å²) in [5.41, 5.74) is 1.59. The average Bonchev–Trinajstić information content (AvgIpc) is 2.55. The molecule has 0 amide bonds. The lowest BCUT2D eigenvalue weighted by atomic mass is 9.94. The maximum Gasteiger partial charge on any atom is 0.182 e. The SMILES string of the molecule is CN[C@H](C(=O)c1ccccc1)[C@H](OC(C)C)c1ccc(Cl)cc1. The first-order valence-electron chi connectivity index (χ1n) is 7.70. The lowest BCUT2D eigenvalue weighted by molar-refractivity contribution is -0.0103. The number of nitrogens with one attached hydrogen (secondary N) is 1. The van der Waals surface area contributed by atoms with Gasteiger partial charge in [-0.15, -0.1) is 0 Å². The summed E-state index contributed by atoms with van der Waals surface area (Å²) in [6.45, 7) is 3.92. The van der Waals surface area contributed by atoms with Crippen LogP contribution in [0.25, 0.3) is 0 Å². The smallest absolute Gasteiger partial charge is 0.182 e. The zero-order valence-corrected chi connectivity index (χ0v) is 14.4. The third kappa shape index (κ3) is 4.64. The highest BCUT2D eigenvalue weighted by atomic mass is 35.5. The second-order valence-corrected chi connectivity index (χ2v) is 6.09. The molecule has 1 N–H and O–H groups in total. The fraction of sp³-hybridized carbons (Fsp3) is 0.316. The van der Waals surface area contributed by atoms with Crippen molar-refractivity contribution in [2.75, 3.05) is 7.05 Å². The van der Waals surface area contributed by atoms with Crippen LogP contribution in [0.5, 0.6) is 0 Å². The number of hydrogen-bond donors (Lipinski definition) is 1. The summed E-state index contributed by atoms with van der Waals surface area (Å²) < 4.78 is 6.05. The normalized spacial score (nSPS) is 13.8. The molecule has 122 valence electrons. The molecule has 0 aliphatic rings. The van der Waals surface area contributed by atoms with Crippen molar-refractivity contribution in [2.45, 2.75) is 32.1 Å². The molecule has 0 aliphatic heterocycles. The van der Waals surface area contributed by atoms with Gasteiger partial charge in [-0.2, -0.15) is 0 Å². The molecule has 2 rings (SSSR count). The second-order valence-electron chi connectivity index (χ2n) is 5.65. The summed E-state index contributed by atoms with van der Waals surface area (Å²) in [7, 11) is 1.78. The van der Waals surface area contributed by atoms with Crippen molar-refractivity contribution in [1.29, 1.82) is 0 Å². The molecule has 0 saturated heterocycles. The van der Waals surface area contributed by atoms with E-state index < -0.39 is 6.04 Å². The maximum atomic E-state index is 12.9. The van der Waals surface area contributed by atoms with E-state index >= 15 is 0 Å². The Labute approximate surface area is 142 Å². The lowest BCUT2D eigenvalue weighted by Gasteiger charge is -2.28. The number of Topliss-reactive ketones (excluding diaryl/α,β-unsaturated/α-hetero) is 1. The zero-order valence-electron chi connectivity index (χ0n) is 13.6. The highest BCUT2D eigenvalue weighted by Crippen LogP contribution is 2.26. The van der Waals surface area contributed by atoms with Crippen LogP contribution < -0.4 is 5.32 Å². The maximum absolute atomic E-state index is 12.9. The van der Waals surface area contributed by atoms with E-state index in [-0.39, 0.29) is 18.0 Å². The van der Waals surface area contributed by atoms with Gasteiger partial charge < -0.3 is 10.1 Å². The van der Waals surface area contributed by atoms with Crippen LogP contribution in [0.4, 0.5) is 0 Å². The van der Waals surface area contributed by atoms with E-state index in [2.05, 4.69) is 5.32 Å². The Hall–Kier alpha value is -1.68. The Morgan fingerprint density at radius 1 is 1.04 bits per heavy atom. The molecule has 4 heteroatoms. The molecule has 0 bridgehead atoms. The van der Waals surface area contributed by atoms with E-state index in [1.807, 2.05) is 68.4 Å². The summed E-state index contributed by atoms with van der Waals surface area (Å²) in [6, 6.07) is 16.2. The van der Waals surface area contributed by atoms with Gasteiger partial charge in [-0.1, -0.05) is 54.1 Å². The zero-order chi connectivity index (χ0) is 16.8. The monoisotopic (exact) mass is 331 g/mol. The van der Waals surface area contributed by atoms with E-state index in [1.165, 1.54) is 0 Å². The third-order valence-electron chi connectivity index (χ3n) is 3.57. The topological polar surface area (TPSA) is 38.3 Å². The van der Waals surface area contributed by atoms with Gasteiger partial charge in [-0.3, -0.25) is 4.79 Å². The van der Waals surface area contributed by atoms with Crippen molar-refractivity contribution in [3.05, 3.63) is 70.7 Å². The van der Waals surface area contributed by atoms with Crippen molar-refractivity contribution >= 4 is 17.4 Å². The van der Waals surface area contributed by atoms with Gasteiger partial charge in [0.1, 0.15) is 12.1 Å². The van der Waals surface area contributed by atoms with Crippen molar-refractivity contribution in [3.8, 4) is 0 Å². The number of benzene rings is 2. The van der Waals surface area contributed by atoms with Gasteiger partial charge in [-0.25, -0.2) is 0 Å². The van der Waals surface area contributed by atoms with Crippen LogP contribution in [0.15, 0.2) is 54.6 Å². The molecule has 2 aromatic carbocycles. The largest absolute Gasteiger partial charge is 0.369 e. The van der Waals surface area contributed by atoms with Gasteiger partial charge >= 0.3 is 0 Å². The minimum atomic E-state index is -0.471. The van der Waals surface area contributed by atoms with E-state index in [1.54, 1.807) is 7.05 Å². The van der Waals surface area contributed by atoms with E-state index in [0.29, 0.717) is 10.6 Å². The van der Waals surface area contributed by atoms with Crippen molar-refractivity contribution in [2.24, 2.45) is 0 Å². The Kier molecular flexibility index (Phi) is 6.34. The highest BCUT2D eigenvalue weighted by Gasteiger charge is 2.30. The number of likely N-dealkylation sites (N-methyl/N-ethyl adjacent to an activating group) is 1. The number of carbonyl (C=O) groups excluding carboxylic acids is 1. The van der Waals surface area contributed by atoms with Crippen molar-refractivity contribution < 1.29 is 9.53 Å². The minimum Gasteiger partial charge on any atom is -0.369 e. The molecule has 0 spiro atoms. The number of rotatable bonds is 7. The molecule has 23 heavy (non-hydrogen) atoms. The molecule has 2 atom stereocenters. The van der Waals surface area contributed by atoms with Gasteiger partial charge in [-0.05, 0) is 38.6 Å². The summed E-state index contributed by atoms with van der Waals surface area (Å²) in [5.74, 6) is 0.00806. The molecule has 0 radical (unpaired) electrons. The molecule has 0 aliphatic carbocycles. The Bertz CT molecular complexity index is 626. The van der Waals surface area contributed by atoms with Crippen LogP contribution in [0.1, 0.15) is 35.9 Å². The fourth-order valence-corrected chi connectivity index (χ4v) is 2.62. The van der Waals surface area contributed by atoms with Crippen LogP contribution >= 0.6 is 11.6 Å². The molecule has 0 aromatic heterocycles. The first-order valence-corrected chi connectivity index (χ1v) is 8.08. The van der Waals surface area contributed by atoms with E-state index in [4.69, 9.17) is 16.3 Å². The Balaban J connectivity index is 2.35. The van der Waals surface area contributed by atoms with Crippen LogP contribution in [-0.4, -0.2) is 25.0 Å². The number of hydrogen-bond acceptors (Lipinski definition) is 3. The summed E-state index contributed by atoms with van der Waals surface area (Å²) >= 11 is 5.97. The van der Waals surface area contributed by atoms with Gasteiger partial charge in [0.25, 0.3) is 0 Å². The molecule has 0 heterocycles. The molecule has 2 aromatic rings. The predicted octanol–water partition coefficient (Wildman–Crippen LogP) is 4.28. The quantitative estimate of drug-likeness (QED) is 0.770. The van der Waals surface area contributed by atoms with Crippen LogP contribution in [0, 0.1) is 0 Å². The molecule has 0 unspecified atom stereocenters. The minimum absolute atomic E-state index is 0.00454. The number of halogens is 1. The van der Waals surface area contributed by atoms with Crippen LogP contribution in [-0.2, 0) is 4.74 Å². The van der Waals surface area contributed by atoms with Crippen molar-refractivity contribution in [1.82, 2.24) is 5.32 Å². The summed E-state index contributed by atoms with van der Waals surface area (Å²) in [6.07, 6.45) is -0.389. The standard InChI is InChI=1S/C19H22ClNO2/c1-13(2)23-19(15-9-11-16(20)12-10-15)17(21-3)18(22)14-7-5-4-6-8-14/h4-13,17,19,21H,1-3H3/t17-,19-/m1/s1. The van der Waals surface area contributed by atoms with Crippen LogP contribution in [0.3, 0.4) is 0 Å². The lowest BCUT2D eigenvalue weighted by Crippen LogP contribution is -2.41. The fourth-order valence-electron chi connectivity index (χ4n) is 2.50. The second kappa shape index (κ2) is 8.25. The van der Waals surface area contributed by atoms with E-state index in [9.17, 15) is 4.79 Å². The molecule has 0 fully saturated rings. The number of ether oxygens (including phenoxy) is 1. The van der Waals surface area contributed by atoms with E-state index in [0.717, 1.165) is 5.56 Å². The first kappa shape index (κ1) is 17.7. The molecule has 3 nitrogen and oxygen atoms in total. The number of ketones is 1. The van der Waals surface area contributed by atoms with Gasteiger partial charge in [0, 0.05) is 10.6 Å². The van der Waals surface area contributed by atoms with Gasteiger partial charge in [0.15, 0.2) is 5.78 Å². The molecular weight excluding hydrogens is 310 g/mol. The molecular formula is C19H22ClNO2. The number of carbonyl (C=O) groups is 1. The molecule has 0 saturated carbocycles. The Morgan fingerprint density at radius 3 is 2.17 bits per heavy atom. The van der Waals surface area contributed by atoms with Gasteiger partial charge in [0.2, 0.25) is 0 Å². The summed E-state index contributed by atoms with van der Waals surface area (Å²) in [4.78, 5) is 12.9. The predicted molar refractivity (Wildman–Crippen MR) is 94.0 cm³/mol. The first-order chi connectivity index (χ1) is 11.0. The van der Waals surface area contributed by atoms with Gasteiger partial charge in [0.05, 0.1) is 6.10 Å². The van der Waals surface area contributed by atoms with Crippen LogP contribution in [0.2, 0.25) is 5.02 Å². The van der Waals surface area contributed by atoms with Crippen molar-refractivity contribution in [3.63, 3.8) is 0 Å². The third-order valence-corrected chi connectivity index (χ3v) is 3.82. The highest BCUT2D eigenvalue weighted by molar-refractivity contribution is 6.30. The Morgan fingerprint density at radius 2 is 1.65 bits per heavy atom.